The Bertz CT molecular complexity index is 1110. The molecule has 8 heteroatoms. The summed E-state index contributed by atoms with van der Waals surface area (Å²) in [5, 5.41) is 9.77. The fourth-order valence-electron chi connectivity index (χ4n) is 2.83. The topological polar surface area (TPSA) is 75.0 Å². The Kier molecular flexibility index (Phi) is 4.90. The average molecular weight is 412 g/mol. The first-order valence-electron chi connectivity index (χ1n) is 8.67. The largest absolute Gasteiger partial charge is 0.487 e. The van der Waals surface area contributed by atoms with Gasteiger partial charge in [-0.05, 0) is 48.4 Å². The molecule has 0 unspecified atom stereocenters. The van der Waals surface area contributed by atoms with Gasteiger partial charge in [0.1, 0.15) is 23.9 Å². The van der Waals surface area contributed by atoms with Crippen LogP contribution in [-0.2, 0) is 16.2 Å². The summed E-state index contributed by atoms with van der Waals surface area (Å²) in [5.41, 5.74) is 1.51. The van der Waals surface area contributed by atoms with Crippen molar-refractivity contribution in [2.45, 2.75) is 13.5 Å². The van der Waals surface area contributed by atoms with Gasteiger partial charge in [0, 0.05) is 6.08 Å². The molecule has 2 heterocycles. The van der Waals surface area contributed by atoms with E-state index in [1.165, 1.54) is 23.3 Å². The Morgan fingerprint density at radius 2 is 2.03 bits per heavy atom. The maximum Gasteiger partial charge on any atom is 0.282 e. The number of amides is 1. The molecule has 146 valence electrons. The fourth-order valence-corrected chi connectivity index (χ4v) is 3.08. The Morgan fingerprint density at radius 1 is 1.28 bits per heavy atom. The zero-order valence-electron chi connectivity index (χ0n) is 15.3. The molecule has 6 nitrogen and oxygen atoms in total. The summed E-state index contributed by atoms with van der Waals surface area (Å²) >= 11 is 6.30. The minimum Gasteiger partial charge on any atom is -0.487 e. The normalized spacial score (nSPS) is 17.1. The summed E-state index contributed by atoms with van der Waals surface area (Å²) in [7, 11) is 0. The average Bonchev–Trinajstić information content (AvgIpc) is 3.06. The van der Waals surface area contributed by atoms with Crippen molar-refractivity contribution in [1.82, 2.24) is 5.06 Å². The zero-order valence-corrected chi connectivity index (χ0v) is 16.0. The van der Waals surface area contributed by atoms with Crippen molar-refractivity contribution in [3.63, 3.8) is 0 Å². The minimum absolute atomic E-state index is 0.0906. The van der Waals surface area contributed by atoms with Gasteiger partial charge in [-0.15, -0.1) is 5.06 Å². The fraction of sp³-hybridized carbons (Fsp3) is 0.0952. The van der Waals surface area contributed by atoms with Crippen LogP contribution in [-0.4, -0.2) is 22.6 Å². The van der Waals surface area contributed by atoms with Gasteiger partial charge in [0.25, 0.3) is 5.91 Å². The van der Waals surface area contributed by atoms with Crippen LogP contribution in [0.25, 0.3) is 6.08 Å². The number of benzene rings is 2. The lowest BCUT2D eigenvalue weighted by molar-refractivity contribution is -0.114. The Hall–Kier alpha value is -3.45. The van der Waals surface area contributed by atoms with Crippen molar-refractivity contribution in [1.29, 1.82) is 5.41 Å². The molecule has 2 aliphatic heterocycles. The third-order valence-electron chi connectivity index (χ3n) is 4.25. The van der Waals surface area contributed by atoms with Gasteiger partial charge < -0.3 is 9.57 Å². The third-order valence-corrected chi connectivity index (χ3v) is 4.55. The van der Waals surface area contributed by atoms with Crippen molar-refractivity contribution in [3.8, 4) is 5.75 Å². The van der Waals surface area contributed by atoms with Crippen molar-refractivity contribution in [2.24, 2.45) is 4.99 Å². The van der Waals surface area contributed by atoms with Crippen molar-refractivity contribution in [2.75, 3.05) is 0 Å². The maximum atomic E-state index is 13.0. The summed E-state index contributed by atoms with van der Waals surface area (Å²) in [5.74, 6) is 0.356. The zero-order chi connectivity index (χ0) is 20.5. The van der Waals surface area contributed by atoms with Crippen LogP contribution in [0.2, 0.25) is 5.02 Å². The SMILES string of the molecule is CC1=CC2=NC(=O)/C(=C\c3ccc(OCc4ccc(F)cc4)c(Cl)c3)C(=N)N2O1. The van der Waals surface area contributed by atoms with E-state index in [-0.39, 0.29) is 29.7 Å². The van der Waals surface area contributed by atoms with E-state index >= 15 is 0 Å². The van der Waals surface area contributed by atoms with E-state index in [0.29, 0.717) is 22.1 Å². The molecule has 0 saturated heterocycles. The second kappa shape index (κ2) is 7.52. The van der Waals surface area contributed by atoms with Crippen LogP contribution in [0, 0.1) is 11.2 Å². The predicted molar refractivity (Wildman–Crippen MR) is 107 cm³/mol. The first kappa shape index (κ1) is 18.9. The van der Waals surface area contributed by atoms with Gasteiger partial charge in [-0.2, -0.15) is 4.99 Å². The highest BCUT2D eigenvalue weighted by Gasteiger charge is 2.34. The van der Waals surface area contributed by atoms with E-state index in [2.05, 4.69) is 4.99 Å². The van der Waals surface area contributed by atoms with Gasteiger partial charge in [0.15, 0.2) is 11.7 Å². The maximum absolute atomic E-state index is 13.0. The molecule has 0 fully saturated rings. The molecule has 1 amide bonds. The van der Waals surface area contributed by atoms with Gasteiger partial charge in [-0.1, -0.05) is 29.8 Å². The van der Waals surface area contributed by atoms with E-state index in [1.807, 2.05) is 0 Å². The number of hydroxylamine groups is 2. The molecule has 0 radical (unpaired) electrons. The third kappa shape index (κ3) is 3.90. The summed E-state index contributed by atoms with van der Waals surface area (Å²) < 4.78 is 18.6. The number of carbonyl (C=O) groups is 1. The molecule has 0 atom stereocenters. The monoisotopic (exact) mass is 411 g/mol. The van der Waals surface area contributed by atoms with Crippen LogP contribution in [0.1, 0.15) is 18.1 Å². The van der Waals surface area contributed by atoms with Crippen LogP contribution in [0.4, 0.5) is 4.39 Å². The standard InChI is InChI=1S/C21H15ClFN3O3/c1-12-8-19-25-21(27)16(20(24)26(19)29-12)9-14-4-7-18(17(22)10-14)28-11-13-2-5-15(23)6-3-13/h2-10,24H,11H2,1H3/b16-9-,24-20?. The predicted octanol–water partition coefficient (Wildman–Crippen LogP) is 4.51. The molecule has 0 saturated carbocycles. The van der Waals surface area contributed by atoms with E-state index in [1.54, 1.807) is 43.3 Å². The Morgan fingerprint density at radius 3 is 2.76 bits per heavy atom. The molecule has 29 heavy (non-hydrogen) atoms. The molecule has 0 spiro atoms. The van der Waals surface area contributed by atoms with E-state index in [4.69, 9.17) is 26.6 Å². The number of nitrogens with one attached hydrogen (secondary N) is 1. The lowest BCUT2D eigenvalue weighted by Crippen LogP contribution is -2.38. The summed E-state index contributed by atoms with van der Waals surface area (Å²) in [6.07, 6.45) is 3.12. The summed E-state index contributed by atoms with van der Waals surface area (Å²) in [4.78, 5) is 21.6. The van der Waals surface area contributed by atoms with Crippen LogP contribution in [0.5, 0.6) is 5.75 Å². The van der Waals surface area contributed by atoms with E-state index < -0.39 is 5.91 Å². The molecule has 0 bridgehead atoms. The quantitative estimate of drug-likeness (QED) is 0.751. The lowest BCUT2D eigenvalue weighted by Gasteiger charge is -2.23. The highest BCUT2D eigenvalue weighted by atomic mass is 35.5. The number of ether oxygens (including phenoxy) is 1. The number of hydrogen-bond acceptors (Lipinski definition) is 4. The number of fused-ring (bicyclic) bond motifs is 1. The lowest BCUT2D eigenvalue weighted by atomic mass is 10.1. The number of carbonyl (C=O) groups excluding carboxylic acids is 1. The molecule has 2 aliphatic rings. The van der Waals surface area contributed by atoms with E-state index in [9.17, 15) is 9.18 Å². The van der Waals surface area contributed by atoms with Crippen LogP contribution in [0.15, 0.2) is 64.9 Å². The van der Waals surface area contributed by atoms with Gasteiger partial charge in [0.2, 0.25) is 0 Å². The van der Waals surface area contributed by atoms with Gasteiger partial charge >= 0.3 is 0 Å². The van der Waals surface area contributed by atoms with Crippen molar-refractivity contribution < 1.29 is 18.8 Å². The molecule has 2 aromatic carbocycles. The first-order valence-corrected chi connectivity index (χ1v) is 9.05. The molecular weight excluding hydrogens is 397 g/mol. The minimum atomic E-state index is -0.524. The highest BCUT2D eigenvalue weighted by Crippen LogP contribution is 2.29. The molecule has 0 aliphatic carbocycles. The van der Waals surface area contributed by atoms with Gasteiger partial charge in [-0.3, -0.25) is 10.2 Å². The van der Waals surface area contributed by atoms with Crippen LogP contribution >= 0.6 is 11.6 Å². The first-order chi connectivity index (χ1) is 13.9. The Balaban J connectivity index is 1.51. The molecule has 2 aromatic rings. The van der Waals surface area contributed by atoms with E-state index in [0.717, 1.165) is 5.56 Å². The van der Waals surface area contributed by atoms with Gasteiger partial charge in [0.05, 0.1) is 10.6 Å². The smallest absolute Gasteiger partial charge is 0.282 e. The second-order valence-electron chi connectivity index (χ2n) is 6.43. The number of aliphatic imine (C=N–C) groups is 1. The van der Waals surface area contributed by atoms with Crippen molar-refractivity contribution >= 4 is 35.3 Å². The number of halogens is 2. The molecule has 0 aromatic heterocycles. The highest BCUT2D eigenvalue weighted by molar-refractivity contribution is 6.33. The number of rotatable bonds is 4. The second-order valence-corrected chi connectivity index (χ2v) is 6.83. The molecular formula is C21H15ClFN3O3. The van der Waals surface area contributed by atoms with Crippen LogP contribution in [0.3, 0.4) is 0 Å². The van der Waals surface area contributed by atoms with Crippen molar-refractivity contribution in [3.05, 3.63) is 81.8 Å². The number of amidine groups is 2. The summed E-state index contributed by atoms with van der Waals surface area (Å²) in [6.45, 7) is 1.95. The number of allylic oxidation sites excluding steroid dienone is 1. The summed E-state index contributed by atoms with van der Waals surface area (Å²) in [6, 6.07) is 11.0. The number of nitrogens with zero attached hydrogens (tertiary/aromatic N) is 2. The van der Waals surface area contributed by atoms with Crippen LogP contribution < -0.4 is 4.74 Å². The molecule has 1 N–H and O–H groups in total. The molecule has 4 rings (SSSR count). The van der Waals surface area contributed by atoms with Gasteiger partial charge in [-0.25, -0.2) is 4.39 Å². The number of hydrogen-bond donors (Lipinski definition) is 1. The Labute approximate surface area is 171 Å².